The molecular weight excluding hydrogens is 403 g/mol. The van der Waals surface area contributed by atoms with E-state index in [1.165, 1.54) is 35.4 Å². The van der Waals surface area contributed by atoms with E-state index in [1.54, 1.807) is 24.3 Å². The number of halogens is 1. The number of carbonyl (C=O) groups excluding carboxylic acids is 2. The molecule has 3 N–H and O–H groups in total. The van der Waals surface area contributed by atoms with Crippen LogP contribution in [0.25, 0.3) is 16.7 Å². The summed E-state index contributed by atoms with van der Waals surface area (Å²) < 4.78 is 15.0. The lowest BCUT2D eigenvalue weighted by atomic mass is 9.89. The van der Waals surface area contributed by atoms with Crippen LogP contribution in [0.15, 0.2) is 59.8 Å². The molecule has 0 bridgehead atoms. The summed E-state index contributed by atoms with van der Waals surface area (Å²) in [5.41, 5.74) is 1.76. The number of fused-ring (bicyclic) bond motifs is 2. The van der Waals surface area contributed by atoms with Gasteiger partial charge in [0.1, 0.15) is 11.2 Å². The van der Waals surface area contributed by atoms with E-state index in [0.717, 1.165) is 0 Å². The van der Waals surface area contributed by atoms with Crippen LogP contribution in [0.1, 0.15) is 17.9 Å². The van der Waals surface area contributed by atoms with E-state index in [0.29, 0.717) is 28.0 Å². The number of aromatic amines is 1. The van der Waals surface area contributed by atoms with Gasteiger partial charge >= 0.3 is 0 Å². The highest BCUT2D eigenvalue weighted by Crippen LogP contribution is 2.34. The summed E-state index contributed by atoms with van der Waals surface area (Å²) >= 11 is 0. The number of carbonyl (C=O) groups is 2. The average molecular weight is 418 g/mol. The average Bonchev–Trinajstić information content (AvgIpc) is 3.18. The van der Waals surface area contributed by atoms with Crippen molar-refractivity contribution in [3.05, 3.63) is 76.7 Å². The zero-order valence-corrected chi connectivity index (χ0v) is 15.9. The van der Waals surface area contributed by atoms with Gasteiger partial charge in [0.2, 0.25) is 11.8 Å². The van der Waals surface area contributed by atoms with E-state index in [2.05, 4.69) is 25.7 Å². The van der Waals surface area contributed by atoms with Crippen molar-refractivity contribution in [1.29, 1.82) is 0 Å². The van der Waals surface area contributed by atoms with Gasteiger partial charge in [0.05, 0.1) is 29.8 Å². The van der Waals surface area contributed by atoms with E-state index >= 15 is 0 Å². The van der Waals surface area contributed by atoms with E-state index in [4.69, 9.17) is 0 Å². The molecule has 1 unspecified atom stereocenters. The fourth-order valence-corrected chi connectivity index (χ4v) is 3.69. The Balaban J connectivity index is 1.52. The fraction of sp³-hybridized carbons (Fsp3) is 0.0952. The molecule has 0 spiro atoms. The van der Waals surface area contributed by atoms with Crippen LogP contribution in [0.4, 0.5) is 15.8 Å². The number of rotatable bonds is 3. The van der Waals surface area contributed by atoms with Crippen LogP contribution in [0.2, 0.25) is 0 Å². The quantitative estimate of drug-likeness (QED) is 0.471. The summed E-state index contributed by atoms with van der Waals surface area (Å²) in [6, 6.07) is 10.9. The minimum atomic E-state index is -0.784. The van der Waals surface area contributed by atoms with Crippen LogP contribution in [-0.4, -0.2) is 31.6 Å². The molecule has 1 atom stereocenters. The minimum Gasteiger partial charge on any atom is -0.326 e. The van der Waals surface area contributed by atoms with Crippen molar-refractivity contribution in [1.82, 2.24) is 19.7 Å². The largest absolute Gasteiger partial charge is 0.326 e. The molecule has 2 aromatic carbocycles. The Labute approximate surface area is 173 Å². The highest BCUT2D eigenvalue weighted by Gasteiger charge is 2.31. The second-order valence-electron chi connectivity index (χ2n) is 7.07. The zero-order chi connectivity index (χ0) is 21.5. The van der Waals surface area contributed by atoms with Gasteiger partial charge in [-0.25, -0.2) is 14.1 Å². The van der Waals surface area contributed by atoms with Crippen LogP contribution in [0, 0.1) is 5.82 Å². The summed E-state index contributed by atoms with van der Waals surface area (Å²) in [5, 5.41) is 9.98. The van der Waals surface area contributed by atoms with Crippen molar-refractivity contribution in [3.63, 3.8) is 0 Å². The molecule has 1 aliphatic rings. The standard InChI is InChI=1S/C21H15FN6O3/c22-11-5-6-12-13(8-18(29)26-16(12)7-11)21(31)27-15-3-1-2-4-17(15)28-19-14(9-25-28)20(30)24-10-23-19/h1-7,9-10,13H,8H2,(H,26,29)(H,27,31)(H,23,24,30). The molecule has 9 nitrogen and oxygen atoms in total. The van der Waals surface area contributed by atoms with Crippen LogP contribution in [0.3, 0.4) is 0 Å². The molecular formula is C21H15FN6O3. The first-order valence-corrected chi connectivity index (χ1v) is 9.42. The first kappa shape index (κ1) is 18.7. The summed E-state index contributed by atoms with van der Waals surface area (Å²) in [6.45, 7) is 0. The lowest BCUT2D eigenvalue weighted by molar-refractivity contribution is -0.123. The third kappa shape index (κ3) is 3.23. The lowest BCUT2D eigenvalue weighted by Gasteiger charge is -2.25. The third-order valence-corrected chi connectivity index (χ3v) is 5.13. The molecule has 31 heavy (non-hydrogen) atoms. The van der Waals surface area contributed by atoms with Gasteiger partial charge in [-0.05, 0) is 29.8 Å². The number of H-pyrrole nitrogens is 1. The fourth-order valence-electron chi connectivity index (χ4n) is 3.69. The van der Waals surface area contributed by atoms with Crippen LogP contribution in [0.5, 0.6) is 0 Å². The topological polar surface area (TPSA) is 122 Å². The van der Waals surface area contributed by atoms with Crippen molar-refractivity contribution >= 4 is 34.2 Å². The summed E-state index contributed by atoms with van der Waals surface area (Å²) in [7, 11) is 0. The lowest BCUT2D eigenvalue weighted by Crippen LogP contribution is -2.31. The Morgan fingerprint density at radius 2 is 2.03 bits per heavy atom. The number of nitrogens with zero attached hydrogens (tertiary/aromatic N) is 3. The molecule has 0 saturated carbocycles. The third-order valence-electron chi connectivity index (χ3n) is 5.13. The van der Waals surface area contributed by atoms with Crippen LogP contribution < -0.4 is 16.2 Å². The van der Waals surface area contributed by atoms with Crippen LogP contribution >= 0.6 is 0 Å². The van der Waals surface area contributed by atoms with Crippen molar-refractivity contribution < 1.29 is 14.0 Å². The second kappa shape index (κ2) is 7.17. The molecule has 10 heteroatoms. The normalized spacial score (nSPS) is 15.4. The number of aromatic nitrogens is 4. The number of benzene rings is 2. The van der Waals surface area contributed by atoms with E-state index in [1.807, 2.05) is 0 Å². The van der Waals surface area contributed by atoms with E-state index in [9.17, 15) is 18.8 Å². The maximum Gasteiger partial charge on any atom is 0.261 e. The van der Waals surface area contributed by atoms with Crippen LogP contribution in [-0.2, 0) is 9.59 Å². The smallest absolute Gasteiger partial charge is 0.261 e. The number of amides is 2. The summed E-state index contributed by atoms with van der Waals surface area (Å²) in [6.07, 6.45) is 2.62. The minimum absolute atomic E-state index is 0.0612. The van der Waals surface area contributed by atoms with Gasteiger partial charge in [-0.3, -0.25) is 14.4 Å². The Kier molecular flexibility index (Phi) is 4.32. The molecule has 1 aliphatic heterocycles. The molecule has 2 aromatic heterocycles. The molecule has 3 heterocycles. The Bertz CT molecular complexity index is 1410. The Hall–Kier alpha value is -4.34. The Morgan fingerprint density at radius 1 is 1.19 bits per heavy atom. The maximum atomic E-state index is 13.6. The predicted octanol–water partition coefficient (Wildman–Crippen LogP) is 2.31. The van der Waals surface area contributed by atoms with Crippen molar-refractivity contribution in [3.8, 4) is 5.69 Å². The number of hydrogen-bond donors (Lipinski definition) is 3. The van der Waals surface area contributed by atoms with E-state index in [-0.39, 0.29) is 23.6 Å². The highest BCUT2D eigenvalue weighted by molar-refractivity contribution is 6.05. The summed E-state index contributed by atoms with van der Waals surface area (Å²) in [5.74, 6) is -2.07. The van der Waals surface area contributed by atoms with Gasteiger partial charge in [-0.1, -0.05) is 18.2 Å². The number of anilines is 2. The molecule has 0 radical (unpaired) electrons. The monoisotopic (exact) mass is 418 g/mol. The SMILES string of the molecule is O=C1CC(C(=O)Nc2ccccc2-n2ncc3c(=O)[nH]cnc32)c2ccc(F)cc2N1. The summed E-state index contributed by atoms with van der Waals surface area (Å²) in [4.78, 5) is 43.8. The zero-order valence-electron chi connectivity index (χ0n) is 15.9. The van der Waals surface area contributed by atoms with Gasteiger partial charge in [0.15, 0.2) is 5.65 Å². The van der Waals surface area contributed by atoms with Gasteiger partial charge in [0.25, 0.3) is 5.56 Å². The first-order chi connectivity index (χ1) is 15.0. The Morgan fingerprint density at radius 3 is 2.90 bits per heavy atom. The van der Waals surface area contributed by atoms with E-state index < -0.39 is 17.6 Å². The molecule has 0 aliphatic carbocycles. The van der Waals surface area contributed by atoms with Gasteiger partial charge < -0.3 is 15.6 Å². The molecule has 0 fully saturated rings. The molecule has 0 saturated heterocycles. The van der Waals surface area contributed by atoms with Crippen molar-refractivity contribution in [2.75, 3.05) is 10.6 Å². The van der Waals surface area contributed by atoms with Gasteiger partial charge in [-0.2, -0.15) is 5.10 Å². The molecule has 5 rings (SSSR count). The predicted molar refractivity (Wildman–Crippen MR) is 111 cm³/mol. The highest BCUT2D eigenvalue weighted by atomic mass is 19.1. The number of para-hydroxylation sites is 2. The molecule has 4 aromatic rings. The number of hydrogen-bond acceptors (Lipinski definition) is 5. The first-order valence-electron chi connectivity index (χ1n) is 9.42. The van der Waals surface area contributed by atoms with Crippen molar-refractivity contribution in [2.24, 2.45) is 0 Å². The maximum absolute atomic E-state index is 13.6. The molecule has 2 amide bonds. The van der Waals surface area contributed by atoms with Crippen molar-refractivity contribution in [2.45, 2.75) is 12.3 Å². The van der Waals surface area contributed by atoms with Gasteiger partial charge in [0, 0.05) is 12.1 Å². The molecule has 154 valence electrons. The van der Waals surface area contributed by atoms with Gasteiger partial charge in [-0.15, -0.1) is 0 Å². The second-order valence-corrected chi connectivity index (χ2v) is 7.07. The number of nitrogens with one attached hydrogen (secondary N) is 3.